The number of allylic oxidation sites excluding steroid dienone is 6. The normalized spacial score (nSPS) is 30.8. The first-order valence-electron chi connectivity index (χ1n) is 5.18. The van der Waals surface area contributed by atoms with Crippen LogP contribution in [-0.4, -0.2) is 13.0 Å². The van der Waals surface area contributed by atoms with Gasteiger partial charge in [0, 0.05) is 12.6 Å². The van der Waals surface area contributed by atoms with Gasteiger partial charge in [-0.3, -0.25) is 4.79 Å². The van der Waals surface area contributed by atoms with Crippen molar-refractivity contribution in [1.82, 2.24) is 5.32 Å². The van der Waals surface area contributed by atoms with Crippen LogP contribution in [0, 0.1) is 5.92 Å². The molecule has 1 unspecified atom stereocenters. The average Bonchev–Trinajstić information content (AvgIpc) is 2.25. The summed E-state index contributed by atoms with van der Waals surface area (Å²) in [5, 5.41) is 2.64. The Bertz CT molecular complexity index is 334. The van der Waals surface area contributed by atoms with Gasteiger partial charge in [0.2, 0.25) is 0 Å². The van der Waals surface area contributed by atoms with E-state index in [0.29, 0.717) is 0 Å². The van der Waals surface area contributed by atoms with Gasteiger partial charge in [-0.15, -0.1) is 0 Å². The number of carbonyl (C=O) groups is 1. The second-order valence-electron chi connectivity index (χ2n) is 3.51. The van der Waals surface area contributed by atoms with Crippen LogP contribution in [0.2, 0.25) is 0 Å². The number of nitrogens with one attached hydrogen (secondary N) is 1. The minimum absolute atomic E-state index is 0.0314. The van der Waals surface area contributed by atoms with Crippen LogP contribution in [0.15, 0.2) is 48.1 Å². The zero-order valence-corrected chi connectivity index (χ0v) is 9.23. The predicted octanol–water partition coefficient (Wildman–Crippen LogP) is 2.37. The van der Waals surface area contributed by atoms with Crippen molar-refractivity contribution in [2.45, 2.75) is 13.3 Å². The first-order chi connectivity index (χ1) is 7.24. The van der Waals surface area contributed by atoms with Crippen molar-refractivity contribution in [3.63, 3.8) is 0 Å². The third-order valence-corrected chi connectivity index (χ3v) is 2.16. The molecule has 1 rings (SSSR count). The molecule has 0 heterocycles. The largest absolute Gasteiger partial charge is 0.355 e. The summed E-state index contributed by atoms with van der Waals surface area (Å²) in [6, 6.07) is 0. The molecule has 1 N–H and O–H groups in total. The summed E-state index contributed by atoms with van der Waals surface area (Å²) in [7, 11) is 1.65. The maximum Gasteiger partial charge on any atom is 0.250 e. The van der Waals surface area contributed by atoms with Crippen LogP contribution < -0.4 is 5.32 Å². The van der Waals surface area contributed by atoms with E-state index in [1.165, 1.54) is 0 Å². The molecule has 80 valence electrons. The number of hydrogen-bond acceptors (Lipinski definition) is 1. The van der Waals surface area contributed by atoms with E-state index in [2.05, 4.69) is 24.4 Å². The quantitative estimate of drug-likeness (QED) is 0.696. The van der Waals surface area contributed by atoms with E-state index in [0.717, 1.165) is 12.0 Å². The van der Waals surface area contributed by atoms with Crippen LogP contribution in [0.25, 0.3) is 0 Å². The lowest BCUT2D eigenvalue weighted by Crippen LogP contribution is -2.19. The van der Waals surface area contributed by atoms with Crippen LogP contribution in [0.1, 0.15) is 13.3 Å². The van der Waals surface area contributed by atoms with E-state index in [9.17, 15) is 4.79 Å². The van der Waals surface area contributed by atoms with Gasteiger partial charge in [0.05, 0.1) is 0 Å². The molecular weight excluding hydrogens is 186 g/mol. The Hall–Kier alpha value is -1.57. The van der Waals surface area contributed by atoms with Crippen LogP contribution in [0.5, 0.6) is 0 Å². The Morgan fingerprint density at radius 2 is 2.20 bits per heavy atom. The molecule has 0 radical (unpaired) electrons. The Morgan fingerprint density at radius 1 is 1.40 bits per heavy atom. The topological polar surface area (TPSA) is 29.1 Å². The molecule has 0 aromatic rings. The molecule has 0 aromatic carbocycles. The first-order valence-corrected chi connectivity index (χ1v) is 5.18. The molecule has 2 heteroatoms. The number of carbonyl (C=O) groups excluding carboxylic acids is 1. The molecular formula is C13H17NO. The highest BCUT2D eigenvalue weighted by Gasteiger charge is 2.04. The monoisotopic (exact) mass is 203 g/mol. The molecule has 0 spiro atoms. The molecule has 0 bridgehead atoms. The maximum absolute atomic E-state index is 11.5. The lowest BCUT2D eigenvalue weighted by molar-refractivity contribution is -0.116. The summed E-state index contributed by atoms with van der Waals surface area (Å²) in [6.07, 6.45) is 14.9. The highest BCUT2D eigenvalue weighted by molar-refractivity contribution is 5.96. The van der Waals surface area contributed by atoms with Crippen molar-refractivity contribution in [2.24, 2.45) is 5.92 Å². The zero-order valence-electron chi connectivity index (χ0n) is 9.23. The number of likely N-dealkylation sites (N-methyl/N-ethyl adjacent to an activating group) is 1. The maximum atomic E-state index is 11.5. The second-order valence-corrected chi connectivity index (χ2v) is 3.51. The van der Waals surface area contributed by atoms with Gasteiger partial charge in [-0.05, 0) is 12.3 Å². The molecule has 0 saturated heterocycles. The van der Waals surface area contributed by atoms with E-state index in [1.54, 1.807) is 7.05 Å². The Labute approximate surface area is 91.1 Å². The SMILES string of the molecule is CNC(=O)C1=C/C(C)/C=C\C=C/C/C=C\1. The van der Waals surface area contributed by atoms with Crippen LogP contribution in [0.4, 0.5) is 0 Å². The molecule has 0 fully saturated rings. The molecule has 15 heavy (non-hydrogen) atoms. The fourth-order valence-electron chi connectivity index (χ4n) is 1.36. The molecule has 1 aliphatic carbocycles. The molecule has 1 aliphatic rings. The lowest BCUT2D eigenvalue weighted by Gasteiger charge is -2.04. The summed E-state index contributed by atoms with van der Waals surface area (Å²) < 4.78 is 0. The summed E-state index contributed by atoms with van der Waals surface area (Å²) in [5.74, 6) is 0.237. The fraction of sp³-hybridized carbons (Fsp3) is 0.308. The van der Waals surface area contributed by atoms with Gasteiger partial charge < -0.3 is 5.32 Å². The van der Waals surface area contributed by atoms with Crippen molar-refractivity contribution >= 4 is 5.91 Å². The first kappa shape index (κ1) is 11.5. The Kier molecular flexibility index (Phi) is 4.61. The van der Waals surface area contributed by atoms with Gasteiger partial charge in [-0.1, -0.05) is 49.5 Å². The highest BCUT2D eigenvalue weighted by Crippen LogP contribution is 2.09. The van der Waals surface area contributed by atoms with E-state index in [-0.39, 0.29) is 11.8 Å². The van der Waals surface area contributed by atoms with E-state index >= 15 is 0 Å². The highest BCUT2D eigenvalue weighted by atomic mass is 16.1. The molecule has 1 atom stereocenters. The van der Waals surface area contributed by atoms with Gasteiger partial charge in [0.1, 0.15) is 0 Å². The summed E-state index contributed by atoms with van der Waals surface area (Å²) in [5.41, 5.74) is 0.727. The minimum atomic E-state index is -0.0314. The molecule has 0 saturated carbocycles. The Morgan fingerprint density at radius 3 is 2.93 bits per heavy atom. The summed E-state index contributed by atoms with van der Waals surface area (Å²) in [6.45, 7) is 2.06. The van der Waals surface area contributed by atoms with Crippen molar-refractivity contribution in [3.8, 4) is 0 Å². The third-order valence-electron chi connectivity index (χ3n) is 2.16. The minimum Gasteiger partial charge on any atom is -0.355 e. The smallest absolute Gasteiger partial charge is 0.250 e. The van der Waals surface area contributed by atoms with E-state index in [4.69, 9.17) is 0 Å². The van der Waals surface area contributed by atoms with Crippen LogP contribution in [-0.2, 0) is 4.79 Å². The van der Waals surface area contributed by atoms with Crippen molar-refractivity contribution in [2.75, 3.05) is 7.05 Å². The number of hydrogen-bond donors (Lipinski definition) is 1. The van der Waals surface area contributed by atoms with Gasteiger partial charge in [0.15, 0.2) is 0 Å². The predicted molar refractivity (Wildman–Crippen MR) is 63.4 cm³/mol. The van der Waals surface area contributed by atoms with Gasteiger partial charge >= 0.3 is 0 Å². The second kappa shape index (κ2) is 6.02. The fourth-order valence-corrected chi connectivity index (χ4v) is 1.36. The molecule has 0 aliphatic heterocycles. The summed E-state index contributed by atoms with van der Waals surface area (Å²) >= 11 is 0. The molecule has 1 amide bonds. The standard InChI is InChI=1S/C13H17NO/c1-11-8-6-4-3-5-7-9-12(10-11)13(15)14-2/h3-4,6-11H,5H2,1-2H3,(H,14,15)/b4-3-,8-6-,9-7-,12-10+. The number of amides is 1. The Balaban J connectivity index is 2.90. The number of rotatable bonds is 1. The van der Waals surface area contributed by atoms with Crippen molar-refractivity contribution < 1.29 is 4.79 Å². The molecule has 0 aromatic heterocycles. The zero-order chi connectivity index (χ0) is 11.1. The van der Waals surface area contributed by atoms with Gasteiger partial charge in [-0.25, -0.2) is 0 Å². The van der Waals surface area contributed by atoms with Gasteiger partial charge in [-0.2, -0.15) is 0 Å². The third kappa shape index (κ3) is 3.98. The summed E-state index contributed by atoms with van der Waals surface area (Å²) in [4.78, 5) is 11.5. The van der Waals surface area contributed by atoms with Gasteiger partial charge in [0.25, 0.3) is 5.91 Å². The average molecular weight is 203 g/mol. The molecule has 2 nitrogen and oxygen atoms in total. The van der Waals surface area contributed by atoms with E-state index in [1.807, 2.05) is 30.4 Å². The van der Waals surface area contributed by atoms with Crippen molar-refractivity contribution in [1.29, 1.82) is 0 Å². The van der Waals surface area contributed by atoms with Crippen LogP contribution in [0.3, 0.4) is 0 Å². The van der Waals surface area contributed by atoms with Crippen LogP contribution >= 0.6 is 0 Å². The van der Waals surface area contributed by atoms with E-state index < -0.39 is 0 Å². The lowest BCUT2D eigenvalue weighted by atomic mass is 10.0. The van der Waals surface area contributed by atoms with Crippen molar-refractivity contribution in [3.05, 3.63) is 48.1 Å².